The fraction of sp³-hybridized carbons (Fsp3) is 0.0278. The minimum Gasteiger partial charge on any atom is -0.456 e. The number of aromatic nitrogens is 1. The summed E-state index contributed by atoms with van der Waals surface area (Å²) in [5.74, 6) is 0.955. The summed E-state index contributed by atoms with van der Waals surface area (Å²) in [6, 6.07) is 32.8. The van der Waals surface area contributed by atoms with Crippen molar-refractivity contribution < 1.29 is 4.42 Å². The van der Waals surface area contributed by atoms with E-state index in [0.717, 1.165) is 44.7 Å². The van der Waals surface area contributed by atoms with Crippen LogP contribution in [0.2, 0.25) is 0 Å². The number of rotatable bonds is 1. The Morgan fingerprint density at radius 1 is 0.700 bits per heavy atom. The monoisotopic (exact) mass is 511 g/mol. The predicted molar refractivity (Wildman–Crippen MR) is 167 cm³/mol. The van der Waals surface area contributed by atoms with Gasteiger partial charge < -0.3 is 9.73 Å². The smallest absolute Gasteiger partial charge is 0.162 e. The highest BCUT2D eigenvalue weighted by Crippen LogP contribution is 2.50. The van der Waals surface area contributed by atoms with E-state index < -0.39 is 0 Å². The summed E-state index contributed by atoms with van der Waals surface area (Å²) in [5, 5.41) is 12.2. The normalized spacial score (nSPS) is 16.4. The minimum absolute atomic E-state index is 0.0700. The molecule has 1 N–H and O–H groups in total. The van der Waals surface area contributed by atoms with Crippen molar-refractivity contribution in [1.29, 1.82) is 0 Å². The molecule has 1 aliphatic carbocycles. The lowest BCUT2D eigenvalue weighted by atomic mass is 9.97. The van der Waals surface area contributed by atoms with E-state index in [1.54, 1.807) is 0 Å². The van der Waals surface area contributed by atoms with Gasteiger partial charge in [-0.1, -0.05) is 78.9 Å². The molecule has 5 aromatic carbocycles. The van der Waals surface area contributed by atoms with Crippen LogP contribution in [0.25, 0.3) is 71.0 Å². The van der Waals surface area contributed by atoms with Crippen LogP contribution < -0.4 is 5.32 Å². The largest absolute Gasteiger partial charge is 0.456 e. The molecule has 0 spiro atoms. The Kier molecular flexibility index (Phi) is 3.70. The maximum absolute atomic E-state index is 6.47. The van der Waals surface area contributed by atoms with Gasteiger partial charge in [-0.2, -0.15) is 0 Å². The van der Waals surface area contributed by atoms with Gasteiger partial charge in [-0.3, -0.25) is 4.40 Å². The summed E-state index contributed by atoms with van der Waals surface area (Å²) in [5.41, 5.74) is 8.68. The molecule has 0 saturated carbocycles. The first kappa shape index (κ1) is 20.6. The first-order chi connectivity index (χ1) is 19.8. The molecule has 0 amide bonds. The zero-order valence-electron chi connectivity index (χ0n) is 21.3. The van der Waals surface area contributed by atoms with Crippen LogP contribution in [0.1, 0.15) is 0 Å². The second-order valence-corrected chi connectivity index (χ2v) is 10.8. The van der Waals surface area contributed by atoms with Gasteiger partial charge in [0.25, 0.3) is 0 Å². The maximum atomic E-state index is 6.47. The topological polar surface area (TPSA) is 41.9 Å². The molecule has 0 radical (unpaired) electrons. The Morgan fingerprint density at radius 2 is 1.55 bits per heavy atom. The number of furan rings is 1. The fourth-order valence-electron chi connectivity index (χ4n) is 6.90. The third-order valence-electron chi connectivity index (χ3n) is 8.69. The number of para-hydroxylation sites is 1. The van der Waals surface area contributed by atoms with Crippen LogP contribution in [0.15, 0.2) is 125 Å². The van der Waals surface area contributed by atoms with Crippen LogP contribution in [0.5, 0.6) is 0 Å². The number of hydrogen-bond donors (Lipinski definition) is 1. The molecule has 2 aliphatic rings. The molecule has 1 atom stereocenters. The van der Waals surface area contributed by atoms with E-state index >= 15 is 0 Å². The lowest BCUT2D eigenvalue weighted by Gasteiger charge is -2.23. The van der Waals surface area contributed by atoms with E-state index in [1.807, 2.05) is 6.07 Å². The van der Waals surface area contributed by atoms with E-state index in [2.05, 4.69) is 119 Å². The molecule has 8 aromatic rings. The average molecular weight is 512 g/mol. The van der Waals surface area contributed by atoms with Crippen LogP contribution in [0.4, 0.5) is 11.5 Å². The van der Waals surface area contributed by atoms with Gasteiger partial charge in [0.2, 0.25) is 0 Å². The van der Waals surface area contributed by atoms with E-state index in [9.17, 15) is 0 Å². The molecule has 0 fully saturated rings. The Hall–Kier alpha value is -5.35. The first-order valence-electron chi connectivity index (χ1n) is 13.7. The standard InChI is InChI=1S/C36H21N3O/c1-2-8-21-17-22(14-13-20(21)7-1)23-15-16-29-25(18-23)33-32-24-9-3-6-12-30(24)40-31(32)19-26-34-36(39(29)35(26)33)38-28-11-5-4-10-27(28)37-34/h1-19,27,37H. The van der Waals surface area contributed by atoms with Gasteiger partial charge in [0.15, 0.2) is 5.82 Å². The highest BCUT2D eigenvalue weighted by atomic mass is 16.3. The van der Waals surface area contributed by atoms with Crippen LogP contribution in [-0.4, -0.2) is 16.2 Å². The van der Waals surface area contributed by atoms with Crippen LogP contribution in [-0.2, 0) is 0 Å². The summed E-state index contributed by atoms with van der Waals surface area (Å²) in [7, 11) is 0. The van der Waals surface area contributed by atoms with E-state index in [1.165, 1.54) is 43.6 Å². The molecule has 40 heavy (non-hydrogen) atoms. The third kappa shape index (κ3) is 2.53. The van der Waals surface area contributed by atoms with Gasteiger partial charge in [0, 0.05) is 26.9 Å². The highest BCUT2D eigenvalue weighted by molar-refractivity contribution is 6.34. The number of aliphatic imine (C=N–C) groups is 1. The van der Waals surface area contributed by atoms with E-state index in [-0.39, 0.29) is 6.04 Å². The van der Waals surface area contributed by atoms with Crippen LogP contribution in [0, 0.1) is 0 Å². The molecule has 186 valence electrons. The number of allylic oxidation sites excluding steroid dienone is 2. The van der Waals surface area contributed by atoms with Crippen molar-refractivity contribution in [3.63, 3.8) is 0 Å². The lowest BCUT2D eigenvalue weighted by molar-refractivity contribution is 0.669. The molecule has 1 unspecified atom stereocenters. The second-order valence-electron chi connectivity index (χ2n) is 10.8. The van der Waals surface area contributed by atoms with Gasteiger partial charge >= 0.3 is 0 Å². The van der Waals surface area contributed by atoms with Crippen molar-refractivity contribution in [2.24, 2.45) is 4.99 Å². The molecule has 0 bridgehead atoms. The van der Waals surface area contributed by atoms with Crippen molar-refractivity contribution in [3.8, 4) is 11.1 Å². The molecule has 0 saturated heterocycles. The zero-order chi connectivity index (χ0) is 25.9. The first-order valence-corrected chi connectivity index (χ1v) is 13.7. The quantitative estimate of drug-likeness (QED) is 0.238. The number of hydrogen-bond acceptors (Lipinski definition) is 3. The summed E-state index contributed by atoms with van der Waals surface area (Å²) in [6.07, 6.45) is 8.41. The lowest BCUT2D eigenvalue weighted by Crippen LogP contribution is -2.29. The Morgan fingerprint density at radius 3 is 2.52 bits per heavy atom. The fourth-order valence-corrected chi connectivity index (χ4v) is 6.90. The zero-order valence-corrected chi connectivity index (χ0v) is 21.3. The highest BCUT2D eigenvalue weighted by Gasteiger charge is 2.30. The van der Waals surface area contributed by atoms with Crippen molar-refractivity contribution in [1.82, 2.24) is 4.40 Å². The average Bonchev–Trinajstić information content (AvgIpc) is 3.65. The minimum atomic E-state index is 0.0700. The summed E-state index contributed by atoms with van der Waals surface area (Å²) < 4.78 is 8.82. The summed E-state index contributed by atoms with van der Waals surface area (Å²) >= 11 is 0. The van der Waals surface area contributed by atoms with Crippen molar-refractivity contribution in [2.45, 2.75) is 6.04 Å². The molecular formula is C36H21N3O. The molecule has 10 rings (SSSR count). The molecule has 3 aromatic heterocycles. The molecule has 4 nitrogen and oxygen atoms in total. The predicted octanol–water partition coefficient (Wildman–Crippen LogP) is 9.40. The molecular weight excluding hydrogens is 490 g/mol. The van der Waals surface area contributed by atoms with Gasteiger partial charge in [-0.15, -0.1) is 0 Å². The second kappa shape index (κ2) is 7.19. The van der Waals surface area contributed by atoms with Crippen molar-refractivity contribution in [2.75, 3.05) is 5.32 Å². The maximum Gasteiger partial charge on any atom is 0.162 e. The number of nitrogens with zero attached hydrogens (tertiary/aromatic N) is 2. The Balaban J connectivity index is 1.37. The third-order valence-corrected chi connectivity index (χ3v) is 8.69. The van der Waals surface area contributed by atoms with Crippen molar-refractivity contribution >= 4 is 77.1 Å². The Labute approximate surface area is 228 Å². The number of fused-ring (bicyclic) bond motifs is 12. The number of anilines is 1. The van der Waals surface area contributed by atoms with E-state index in [4.69, 9.17) is 9.41 Å². The van der Waals surface area contributed by atoms with Gasteiger partial charge in [-0.25, -0.2) is 4.99 Å². The van der Waals surface area contributed by atoms with E-state index in [0.29, 0.717) is 0 Å². The Bertz CT molecular complexity index is 2470. The summed E-state index contributed by atoms with van der Waals surface area (Å²) in [6.45, 7) is 0. The van der Waals surface area contributed by atoms with Crippen LogP contribution >= 0.6 is 0 Å². The van der Waals surface area contributed by atoms with Gasteiger partial charge in [0.05, 0.1) is 28.5 Å². The van der Waals surface area contributed by atoms with Gasteiger partial charge in [-0.05, 0) is 58.3 Å². The number of nitrogens with one attached hydrogen (secondary N) is 1. The summed E-state index contributed by atoms with van der Waals surface area (Å²) in [4.78, 5) is 5.21. The van der Waals surface area contributed by atoms with Gasteiger partial charge in [0.1, 0.15) is 11.2 Å². The van der Waals surface area contributed by atoms with Crippen LogP contribution in [0.3, 0.4) is 0 Å². The molecule has 4 heteroatoms. The molecule has 1 aliphatic heterocycles. The molecule has 4 heterocycles. The number of benzene rings is 5. The SMILES string of the molecule is C1=CC2=Nc3c(c4cc5oc6ccccc6c5c5c6cc(-c7ccc8ccccc8c7)ccc6n3c45)NC2C=C1. The van der Waals surface area contributed by atoms with Crippen molar-refractivity contribution in [3.05, 3.63) is 115 Å².